The van der Waals surface area contributed by atoms with E-state index in [-0.39, 0.29) is 24.5 Å². The average Bonchev–Trinajstić information content (AvgIpc) is 3.18. The summed E-state index contributed by atoms with van der Waals surface area (Å²) in [7, 11) is 0. The van der Waals surface area contributed by atoms with E-state index in [1.54, 1.807) is 13.8 Å². The normalized spacial score (nSPS) is 30.0. The van der Waals surface area contributed by atoms with Crippen molar-refractivity contribution in [2.45, 2.75) is 94.3 Å². The Morgan fingerprint density at radius 2 is 1.71 bits per heavy atom. The Balaban J connectivity index is 2.01. The topological polar surface area (TPSA) is 233 Å². The van der Waals surface area contributed by atoms with Crippen LogP contribution in [0, 0.1) is 5.92 Å². The average molecular weight is 639 g/mol. The minimum atomic E-state index is -3.92. The van der Waals surface area contributed by atoms with Crippen molar-refractivity contribution in [2.75, 3.05) is 6.61 Å². The van der Waals surface area contributed by atoms with E-state index in [1.165, 1.54) is 6.92 Å². The van der Waals surface area contributed by atoms with E-state index < -0.39 is 77.9 Å². The van der Waals surface area contributed by atoms with Gasteiger partial charge in [0, 0.05) is 19.3 Å². The molecule has 0 radical (unpaired) electrons. The van der Waals surface area contributed by atoms with Crippen molar-refractivity contribution < 1.29 is 73.2 Å². The van der Waals surface area contributed by atoms with Crippen molar-refractivity contribution in [1.82, 2.24) is 0 Å². The lowest BCUT2D eigenvalue weighted by atomic mass is 9.74. The fraction of sp³-hybridized carbons (Fsp3) is 0.567. The van der Waals surface area contributed by atoms with Crippen LogP contribution in [0.15, 0.2) is 42.5 Å². The molecular formula is C30H38O15. The molecule has 0 amide bonds. The summed E-state index contributed by atoms with van der Waals surface area (Å²) in [5, 5.41) is 52.8. The third-order valence-corrected chi connectivity index (χ3v) is 7.95. The van der Waals surface area contributed by atoms with Gasteiger partial charge in [0.05, 0.1) is 6.61 Å². The Kier molecular flexibility index (Phi) is 11.0. The molecule has 45 heavy (non-hydrogen) atoms. The lowest BCUT2D eigenvalue weighted by molar-refractivity contribution is -0.374. The number of aliphatic carboxylic acids is 3. The summed E-state index contributed by atoms with van der Waals surface area (Å²) >= 11 is 0. The van der Waals surface area contributed by atoms with E-state index in [2.05, 4.69) is 6.58 Å². The van der Waals surface area contributed by atoms with Gasteiger partial charge in [-0.15, -0.1) is 0 Å². The number of aliphatic hydroxyl groups excluding tert-OH is 1. The highest BCUT2D eigenvalue weighted by Gasteiger charge is 2.86. The predicted octanol–water partition coefficient (Wildman–Crippen LogP) is 1.67. The maximum absolute atomic E-state index is 12.8. The van der Waals surface area contributed by atoms with Crippen LogP contribution in [0.5, 0.6) is 0 Å². The lowest BCUT2D eigenvalue weighted by Crippen LogP contribution is -2.78. The first-order valence-corrected chi connectivity index (χ1v) is 14.3. The number of carboxylic acid groups (broad SMARTS) is 3. The Bertz CT molecular complexity index is 1300. The highest BCUT2D eigenvalue weighted by atomic mass is 16.8. The van der Waals surface area contributed by atoms with Crippen molar-refractivity contribution in [3.63, 3.8) is 0 Å². The Labute approximate surface area is 258 Å². The largest absolute Gasteiger partial charge is 0.508 e. The number of carbonyl (C=O) groups is 5. The Morgan fingerprint density at radius 3 is 2.24 bits per heavy atom. The summed E-state index contributed by atoms with van der Waals surface area (Å²) < 4.78 is 26.4. The van der Waals surface area contributed by atoms with Crippen molar-refractivity contribution in [3.8, 4) is 0 Å². The zero-order valence-corrected chi connectivity index (χ0v) is 25.0. The molecule has 0 saturated carbocycles. The summed E-state index contributed by atoms with van der Waals surface area (Å²) in [6, 6.07) is 9.24. The molecule has 2 bridgehead atoms. The maximum Gasteiger partial charge on any atom is 0.508 e. The number of fused-ring (bicyclic) bond motifs is 2. The molecule has 0 spiro atoms. The number of benzene rings is 1. The zero-order chi connectivity index (χ0) is 33.7. The van der Waals surface area contributed by atoms with Crippen LogP contribution in [0.1, 0.15) is 52.0 Å². The van der Waals surface area contributed by atoms with Crippen LogP contribution < -0.4 is 0 Å². The number of carbonyl (C=O) groups excluding carboxylic acids is 2. The molecule has 5 N–H and O–H groups in total. The van der Waals surface area contributed by atoms with E-state index in [0.29, 0.717) is 19.3 Å². The molecule has 8 atom stereocenters. The van der Waals surface area contributed by atoms with Crippen molar-refractivity contribution in [1.29, 1.82) is 0 Å². The fourth-order valence-corrected chi connectivity index (χ4v) is 5.73. The highest BCUT2D eigenvalue weighted by Crippen LogP contribution is 2.56. The maximum atomic E-state index is 12.8. The van der Waals surface area contributed by atoms with Crippen LogP contribution in [-0.4, -0.2) is 104 Å². The van der Waals surface area contributed by atoms with Gasteiger partial charge in [0.1, 0.15) is 12.2 Å². The predicted molar refractivity (Wildman–Crippen MR) is 150 cm³/mol. The standard InChI is InChI=1S/C30H38O15/c1-5-6-14-41-27(39)43-22-21(32)28(44-23(24(33)34)29(40,25(35)36)30(22,45-28)26(37)38)13-12-16(2)20(42-18(4)31)17(3)15-19-10-8-7-9-11-19/h7-11,17,20-23,32,40H,2,5-6,12-15H2,1,3-4H3,(H,33,34)(H,35,36)(H,37,38)/t17-,20-,21-,22-,23-,28+,29-,30+/m1/s1. The van der Waals surface area contributed by atoms with E-state index in [9.17, 15) is 49.5 Å². The SMILES string of the molecule is C=C(CC[C@]12O[C@H](C(=O)O)[C@@](O)(C(=O)O)[C@](C(=O)O)(O1)[C@H](OC(=O)OCCCC)[C@H]2O)[C@@H](OC(C)=O)[C@H](C)Cc1ccccc1. The second kappa shape index (κ2) is 13.9. The monoisotopic (exact) mass is 638 g/mol. The third kappa shape index (κ3) is 6.66. The number of hydrogen-bond donors (Lipinski definition) is 5. The van der Waals surface area contributed by atoms with Gasteiger partial charge in [-0.05, 0) is 30.4 Å². The summed E-state index contributed by atoms with van der Waals surface area (Å²) in [6.45, 7) is 8.57. The number of hydrogen-bond acceptors (Lipinski definition) is 12. The fourth-order valence-electron chi connectivity index (χ4n) is 5.73. The molecule has 2 aliphatic rings. The molecule has 0 aliphatic carbocycles. The first kappa shape index (κ1) is 35.4. The highest BCUT2D eigenvalue weighted by molar-refractivity contribution is 5.98. The van der Waals surface area contributed by atoms with Crippen molar-refractivity contribution in [2.24, 2.45) is 5.92 Å². The van der Waals surface area contributed by atoms with Gasteiger partial charge >= 0.3 is 30.0 Å². The van der Waals surface area contributed by atoms with Crippen LogP contribution in [-0.2, 0) is 49.3 Å². The number of aliphatic hydroxyl groups is 2. The van der Waals surface area contributed by atoms with Crippen molar-refractivity contribution in [3.05, 3.63) is 48.0 Å². The summed E-state index contributed by atoms with van der Waals surface area (Å²) in [6.07, 6.45) is -9.59. The van der Waals surface area contributed by atoms with Crippen LogP contribution in [0.25, 0.3) is 0 Å². The molecule has 2 heterocycles. The first-order chi connectivity index (χ1) is 21.1. The number of unbranched alkanes of at least 4 members (excludes halogenated alkanes) is 1. The summed E-state index contributed by atoms with van der Waals surface area (Å²) in [4.78, 5) is 61.9. The summed E-state index contributed by atoms with van der Waals surface area (Å²) in [5.74, 6) is -10.4. The van der Waals surface area contributed by atoms with Crippen LogP contribution in [0.3, 0.4) is 0 Å². The smallest absolute Gasteiger partial charge is 0.479 e. The van der Waals surface area contributed by atoms with Crippen molar-refractivity contribution >= 4 is 30.0 Å². The van der Waals surface area contributed by atoms with Gasteiger partial charge < -0.3 is 49.2 Å². The molecule has 3 rings (SSSR count). The molecule has 15 nitrogen and oxygen atoms in total. The van der Waals surface area contributed by atoms with Gasteiger partial charge in [-0.3, -0.25) is 4.79 Å². The van der Waals surface area contributed by atoms with Gasteiger partial charge in [-0.2, -0.15) is 0 Å². The molecule has 1 aromatic rings. The van der Waals surface area contributed by atoms with Gasteiger partial charge in [-0.1, -0.05) is 57.2 Å². The van der Waals surface area contributed by atoms with E-state index in [0.717, 1.165) is 5.56 Å². The molecule has 2 saturated heterocycles. The number of rotatable bonds is 15. The lowest BCUT2D eigenvalue weighted by Gasteiger charge is -2.48. The minimum Gasteiger partial charge on any atom is -0.479 e. The van der Waals surface area contributed by atoms with Gasteiger partial charge in [0.2, 0.25) is 17.5 Å². The van der Waals surface area contributed by atoms with Crippen LogP contribution >= 0.6 is 0 Å². The number of carboxylic acids is 3. The van der Waals surface area contributed by atoms with Crippen LogP contribution in [0.2, 0.25) is 0 Å². The summed E-state index contributed by atoms with van der Waals surface area (Å²) in [5.41, 5.74) is -6.34. The van der Waals surface area contributed by atoms with E-state index >= 15 is 0 Å². The molecule has 2 aliphatic heterocycles. The van der Waals surface area contributed by atoms with Gasteiger partial charge in [0.15, 0.2) is 6.10 Å². The molecule has 15 heteroatoms. The minimum absolute atomic E-state index is 0.180. The second-order valence-electron chi connectivity index (χ2n) is 11.2. The first-order valence-electron chi connectivity index (χ1n) is 14.3. The zero-order valence-electron chi connectivity index (χ0n) is 25.0. The second-order valence-corrected chi connectivity index (χ2v) is 11.2. The molecular weight excluding hydrogens is 600 g/mol. The number of esters is 1. The third-order valence-electron chi connectivity index (χ3n) is 7.95. The quantitative estimate of drug-likeness (QED) is 0.104. The molecule has 0 unspecified atom stereocenters. The van der Waals surface area contributed by atoms with E-state index in [4.69, 9.17) is 23.7 Å². The number of ether oxygens (including phenoxy) is 5. The Morgan fingerprint density at radius 1 is 1.07 bits per heavy atom. The van der Waals surface area contributed by atoms with Crippen LogP contribution in [0.4, 0.5) is 4.79 Å². The van der Waals surface area contributed by atoms with Gasteiger partial charge in [-0.25, -0.2) is 19.2 Å². The molecule has 2 fully saturated rings. The van der Waals surface area contributed by atoms with E-state index in [1.807, 2.05) is 30.3 Å². The van der Waals surface area contributed by atoms with Gasteiger partial charge in [0.25, 0.3) is 5.60 Å². The molecule has 0 aromatic heterocycles. The molecule has 248 valence electrons. The Hall–Kier alpha value is -4.05. The molecule has 1 aromatic carbocycles.